The Bertz CT molecular complexity index is 949. The number of hydrogen-bond acceptors (Lipinski definition) is 4. The summed E-state index contributed by atoms with van der Waals surface area (Å²) in [6.07, 6.45) is 0. The largest absolute Gasteiger partial charge is 0.348 e. The van der Waals surface area contributed by atoms with Crippen molar-refractivity contribution in [2.45, 2.75) is 26.4 Å². The molecule has 1 amide bonds. The molecule has 0 saturated heterocycles. The first-order valence-corrected chi connectivity index (χ1v) is 7.73. The summed E-state index contributed by atoms with van der Waals surface area (Å²) in [7, 11) is 0. The number of hydrogen-bond donors (Lipinski definition) is 1. The van der Waals surface area contributed by atoms with Crippen LogP contribution in [0, 0.1) is 6.92 Å². The summed E-state index contributed by atoms with van der Waals surface area (Å²) in [5, 5.41) is 11.1. The maximum atomic E-state index is 12.3. The molecule has 2 aromatic carbocycles. The molecule has 0 bridgehead atoms. The third-order valence-corrected chi connectivity index (χ3v) is 3.84. The molecule has 3 aromatic rings. The van der Waals surface area contributed by atoms with Crippen molar-refractivity contribution in [3.63, 3.8) is 0 Å². The number of nitrogens with one attached hydrogen (secondary N) is 1. The van der Waals surface area contributed by atoms with Crippen LogP contribution in [0.4, 0.5) is 0 Å². The molecule has 1 atom stereocenters. The van der Waals surface area contributed by atoms with Crippen molar-refractivity contribution in [2.24, 2.45) is 0 Å². The van der Waals surface area contributed by atoms with Gasteiger partial charge in [0.05, 0.1) is 11.4 Å². The van der Waals surface area contributed by atoms with Crippen molar-refractivity contribution >= 4 is 16.8 Å². The monoisotopic (exact) mass is 322 g/mol. The first-order valence-electron chi connectivity index (χ1n) is 7.73. The third kappa shape index (κ3) is 3.32. The van der Waals surface area contributed by atoms with Gasteiger partial charge in [0.25, 0.3) is 5.56 Å². The van der Waals surface area contributed by atoms with Gasteiger partial charge >= 0.3 is 0 Å². The summed E-state index contributed by atoms with van der Waals surface area (Å²) < 4.78 is 1.08. The number of aromatic nitrogens is 3. The molecule has 3 rings (SSSR count). The van der Waals surface area contributed by atoms with Gasteiger partial charge in [0.15, 0.2) is 0 Å². The van der Waals surface area contributed by atoms with Crippen LogP contribution in [-0.2, 0) is 11.3 Å². The average Bonchev–Trinajstić information content (AvgIpc) is 2.57. The quantitative estimate of drug-likeness (QED) is 0.797. The van der Waals surface area contributed by atoms with E-state index in [1.165, 1.54) is 0 Å². The van der Waals surface area contributed by atoms with E-state index in [4.69, 9.17) is 0 Å². The molecule has 0 fully saturated rings. The summed E-state index contributed by atoms with van der Waals surface area (Å²) in [6.45, 7) is 3.75. The molecule has 0 radical (unpaired) electrons. The minimum Gasteiger partial charge on any atom is -0.348 e. The van der Waals surface area contributed by atoms with Gasteiger partial charge in [-0.3, -0.25) is 9.59 Å². The van der Waals surface area contributed by atoms with E-state index >= 15 is 0 Å². The number of carbonyl (C=O) groups excluding carboxylic acids is 1. The summed E-state index contributed by atoms with van der Waals surface area (Å²) >= 11 is 0. The molecule has 0 aliphatic rings. The Labute approximate surface area is 139 Å². The van der Waals surface area contributed by atoms with Gasteiger partial charge in [-0.05, 0) is 31.5 Å². The first-order chi connectivity index (χ1) is 11.5. The van der Waals surface area contributed by atoms with E-state index in [2.05, 4.69) is 15.6 Å². The molecule has 122 valence electrons. The average molecular weight is 322 g/mol. The van der Waals surface area contributed by atoms with Crippen molar-refractivity contribution in [1.82, 2.24) is 20.3 Å². The van der Waals surface area contributed by atoms with E-state index < -0.39 is 0 Å². The predicted octanol–water partition coefficient (Wildman–Crippen LogP) is 1.98. The van der Waals surface area contributed by atoms with Crippen LogP contribution in [0.5, 0.6) is 0 Å². The van der Waals surface area contributed by atoms with Crippen LogP contribution < -0.4 is 10.9 Å². The fourth-order valence-corrected chi connectivity index (χ4v) is 2.57. The highest BCUT2D eigenvalue weighted by atomic mass is 16.2. The smallest absolute Gasteiger partial charge is 0.278 e. The third-order valence-electron chi connectivity index (χ3n) is 3.84. The number of carbonyl (C=O) groups is 1. The van der Waals surface area contributed by atoms with Crippen LogP contribution in [0.25, 0.3) is 10.9 Å². The highest BCUT2D eigenvalue weighted by molar-refractivity contribution is 5.78. The maximum Gasteiger partial charge on any atom is 0.278 e. The molecule has 0 saturated carbocycles. The van der Waals surface area contributed by atoms with Crippen LogP contribution in [0.15, 0.2) is 53.3 Å². The summed E-state index contributed by atoms with van der Waals surface area (Å²) in [5.41, 5.74) is 2.34. The summed E-state index contributed by atoms with van der Waals surface area (Å²) in [5.74, 6) is -0.282. The zero-order valence-electron chi connectivity index (χ0n) is 13.6. The van der Waals surface area contributed by atoms with E-state index in [0.29, 0.717) is 10.9 Å². The van der Waals surface area contributed by atoms with Gasteiger partial charge in [-0.2, -0.15) is 0 Å². The second-order valence-corrected chi connectivity index (χ2v) is 5.77. The molecule has 6 nitrogen and oxygen atoms in total. The van der Waals surface area contributed by atoms with Crippen molar-refractivity contribution in [3.05, 3.63) is 70.0 Å². The molecule has 0 unspecified atom stereocenters. The number of nitrogens with zero attached hydrogens (tertiary/aromatic N) is 3. The van der Waals surface area contributed by atoms with Crippen molar-refractivity contribution < 1.29 is 4.79 Å². The molecule has 6 heteroatoms. The lowest BCUT2D eigenvalue weighted by Crippen LogP contribution is -2.35. The van der Waals surface area contributed by atoms with E-state index in [0.717, 1.165) is 15.8 Å². The lowest BCUT2D eigenvalue weighted by molar-refractivity contribution is -0.122. The standard InChI is InChI=1S/C18H18N4O2/c1-12-6-5-7-14(10-12)13(2)19-17(23)11-22-18(24)15-8-3-4-9-16(15)20-21-22/h3-10,13H,11H2,1-2H3,(H,19,23)/t13-/m0/s1. The van der Waals surface area contributed by atoms with Crippen LogP contribution in [0.2, 0.25) is 0 Å². The van der Waals surface area contributed by atoms with Crippen LogP contribution in [0.3, 0.4) is 0 Å². The molecule has 1 aromatic heterocycles. The highest BCUT2D eigenvalue weighted by Crippen LogP contribution is 2.13. The lowest BCUT2D eigenvalue weighted by Gasteiger charge is -2.15. The van der Waals surface area contributed by atoms with Crippen LogP contribution in [0.1, 0.15) is 24.1 Å². The molecule has 24 heavy (non-hydrogen) atoms. The van der Waals surface area contributed by atoms with Gasteiger partial charge in [0, 0.05) is 0 Å². The van der Waals surface area contributed by atoms with E-state index in [1.54, 1.807) is 24.3 Å². The van der Waals surface area contributed by atoms with Crippen molar-refractivity contribution in [3.8, 4) is 0 Å². The van der Waals surface area contributed by atoms with Gasteiger partial charge in [0.1, 0.15) is 12.1 Å². The van der Waals surface area contributed by atoms with Crippen molar-refractivity contribution in [1.29, 1.82) is 0 Å². The SMILES string of the molecule is Cc1cccc([C@H](C)NC(=O)Cn2nnc3ccccc3c2=O)c1. The Hall–Kier alpha value is -3.02. The van der Waals surface area contributed by atoms with E-state index in [1.807, 2.05) is 38.1 Å². The van der Waals surface area contributed by atoms with E-state index in [-0.39, 0.29) is 24.1 Å². The highest BCUT2D eigenvalue weighted by Gasteiger charge is 2.13. The normalized spacial score (nSPS) is 12.1. The summed E-state index contributed by atoms with van der Waals surface area (Å²) in [6, 6.07) is 14.7. The van der Waals surface area contributed by atoms with Gasteiger partial charge in [-0.15, -0.1) is 5.10 Å². The molecule has 1 N–H and O–H groups in total. The number of benzene rings is 2. The Balaban J connectivity index is 1.75. The number of aryl methyl sites for hydroxylation is 1. The fraction of sp³-hybridized carbons (Fsp3) is 0.222. The van der Waals surface area contributed by atoms with Crippen LogP contribution in [-0.4, -0.2) is 20.9 Å². The van der Waals surface area contributed by atoms with Crippen LogP contribution >= 0.6 is 0 Å². The zero-order chi connectivity index (χ0) is 17.1. The molecule has 1 heterocycles. The van der Waals surface area contributed by atoms with Gasteiger partial charge < -0.3 is 5.32 Å². The molecular formula is C18H18N4O2. The Kier molecular flexibility index (Phi) is 4.37. The fourth-order valence-electron chi connectivity index (χ4n) is 2.57. The Morgan fingerprint density at radius 2 is 2.00 bits per heavy atom. The molecule has 0 aliphatic carbocycles. The zero-order valence-corrected chi connectivity index (χ0v) is 13.6. The second-order valence-electron chi connectivity index (χ2n) is 5.77. The minimum atomic E-state index is -0.320. The first kappa shape index (κ1) is 15.9. The van der Waals surface area contributed by atoms with Crippen molar-refractivity contribution in [2.75, 3.05) is 0 Å². The predicted molar refractivity (Wildman–Crippen MR) is 91.5 cm³/mol. The Morgan fingerprint density at radius 1 is 1.21 bits per heavy atom. The number of fused-ring (bicyclic) bond motifs is 1. The van der Waals surface area contributed by atoms with Gasteiger partial charge in [-0.25, -0.2) is 4.68 Å². The minimum absolute atomic E-state index is 0.151. The number of rotatable bonds is 4. The lowest BCUT2D eigenvalue weighted by atomic mass is 10.1. The Morgan fingerprint density at radius 3 is 2.79 bits per heavy atom. The second kappa shape index (κ2) is 6.62. The van der Waals surface area contributed by atoms with Gasteiger partial charge in [0.2, 0.25) is 5.91 Å². The number of amides is 1. The maximum absolute atomic E-state index is 12.3. The van der Waals surface area contributed by atoms with Gasteiger partial charge in [-0.1, -0.05) is 47.2 Å². The summed E-state index contributed by atoms with van der Waals surface area (Å²) in [4.78, 5) is 24.6. The molecule has 0 aliphatic heterocycles. The molecular weight excluding hydrogens is 304 g/mol. The topological polar surface area (TPSA) is 76.9 Å². The van der Waals surface area contributed by atoms with E-state index in [9.17, 15) is 9.59 Å². The molecule has 0 spiro atoms.